The third kappa shape index (κ3) is 3.25. The Morgan fingerprint density at radius 1 is 1.17 bits per heavy atom. The van der Waals surface area contributed by atoms with E-state index in [1.165, 1.54) is 18.4 Å². The molecule has 0 saturated heterocycles. The fourth-order valence-electron chi connectivity index (χ4n) is 3.05. The summed E-state index contributed by atoms with van der Waals surface area (Å²) in [6.07, 6.45) is 5.34. The number of aliphatic hydroxyl groups excluding tert-OH is 1. The highest BCUT2D eigenvalue weighted by Gasteiger charge is 2.29. The highest BCUT2D eigenvalue weighted by atomic mass is 35.5. The first-order chi connectivity index (χ1) is 8.72. The summed E-state index contributed by atoms with van der Waals surface area (Å²) in [5.74, 6) is 0.536. The molecule has 100 valence electrons. The van der Waals surface area contributed by atoms with E-state index in [9.17, 15) is 5.11 Å². The monoisotopic (exact) mass is 267 g/mol. The third-order valence-corrected chi connectivity index (χ3v) is 4.35. The quantitative estimate of drug-likeness (QED) is 0.826. The molecule has 0 radical (unpaired) electrons. The Bertz CT molecular complexity index is 365. The van der Waals surface area contributed by atoms with Gasteiger partial charge in [-0.1, -0.05) is 43.0 Å². The number of benzene rings is 1. The van der Waals surface area contributed by atoms with Crippen LogP contribution in [-0.4, -0.2) is 17.8 Å². The van der Waals surface area contributed by atoms with Gasteiger partial charge < -0.3 is 10.8 Å². The Hall–Kier alpha value is -0.570. The maximum absolute atomic E-state index is 10.3. The lowest BCUT2D eigenvalue weighted by molar-refractivity contribution is 0.0862. The van der Waals surface area contributed by atoms with Crippen LogP contribution in [0.1, 0.15) is 43.6 Å². The molecule has 0 aliphatic heterocycles. The van der Waals surface area contributed by atoms with Crippen LogP contribution in [0.4, 0.5) is 0 Å². The molecule has 3 heteroatoms. The van der Waals surface area contributed by atoms with Crippen molar-refractivity contribution >= 4 is 11.6 Å². The van der Waals surface area contributed by atoms with Gasteiger partial charge in [-0.3, -0.25) is 0 Å². The van der Waals surface area contributed by atoms with Gasteiger partial charge >= 0.3 is 0 Å². The standard InChI is InChI=1S/C15H22ClNO/c16-12-8-6-11(7-9-12)14(10-17)13-4-2-1-3-5-15(13)18/h6-9,13-15,18H,1-5,10,17H2/t13-,14-,15-/m0/s1. The van der Waals surface area contributed by atoms with Crippen molar-refractivity contribution < 1.29 is 5.11 Å². The Balaban J connectivity index is 2.18. The van der Waals surface area contributed by atoms with E-state index in [1.54, 1.807) is 0 Å². The van der Waals surface area contributed by atoms with Crippen molar-refractivity contribution in [2.45, 2.75) is 44.1 Å². The van der Waals surface area contributed by atoms with Crippen LogP contribution in [0.2, 0.25) is 5.02 Å². The van der Waals surface area contributed by atoms with Crippen LogP contribution < -0.4 is 5.73 Å². The van der Waals surface area contributed by atoms with Crippen LogP contribution in [0.15, 0.2) is 24.3 Å². The molecule has 1 aromatic carbocycles. The zero-order chi connectivity index (χ0) is 13.0. The van der Waals surface area contributed by atoms with Gasteiger partial charge in [0.05, 0.1) is 6.10 Å². The number of rotatable bonds is 3. The number of hydrogen-bond donors (Lipinski definition) is 2. The first-order valence-corrected chi connectivity index (χ1v) is 7.23. The van der Waals surface area contributed by atoms with E-state index in [1.807, 2.05) is 24.3 Å². The molecule has 1 fully saturated rings. The molecule has 1 aliphatic carbocycles. The predicted molar refractivity (Wildman–Crippen MR) is 75.8 cm³/mol. The highest BCUT2D eigenvalue weighted by molar-refractivity contribution is 6.30. The first kappa shape index (κ1) is 13.9. The van der Waals surface area contributed by atoms with Crippen molar-refractivity contribution in [2.75, 3.05) is 6.54 Å². The van der Waals surface area contributed by atoms with Crippen LogP contribution in [0.3, 0.4) is 0 Å². The third-order valence-electron chi connectivity index (χ3n) is 4.10. The molecule has 0 bridgehead atoms. The molecule has 2 nitrogen and oxygen atoms in total. The summed E-state index contributed by atoms with van der Waals surface area (Å²) in [6, 6.07) is 7.89. The summed E-state index contributed by atoms with van der Waals surface area (Å²) in [5.41, 5.74) is 7.14. The molecule has 0 unspecified atom stereocenters. The second-order valence-corrected chi connectivity index (χ2v) is 5.70. The minimum absolute atomic E-state index is 0.211. The molecule has 0 aromatic heterocycles. The van der Waals surface area contributed by atoms with Crippen LogP contribution >= 0.6 is 11.6 Å². The molecule has 1 saturated carbocycles. The van der Waals surface area contributed by atoms with Crippen molar-refractivity contribution in [2.24, 2.45) is 11.7 Å². The largest absolute Gasteiger partial charge is 0.393 e. The van der Waals surface area contributed by atoms with Crippen LogP contribution in [0.25, 0.3) is 0 Å². The van der Waals surface area contributed by atoms with Crippen LogP contribution in [0, 0.1) is 5.92 Å². The zero-order valence-electron chi connectivity index (χ0n) is 10.7. The van der Waals surface area contributed by atoms with Gasteiger partial charge in [0, 0.05) is 10.9 Å². The molecule has 0 heterocycles. The normalized spacial score (nSPS) is 26.6. The lowest BCUT2D eigenvalue weighted by Gasteiger charge is -2.29. The fraction of sp³-hybridized carbons (Fsp3) is 0.600. The van der Waals surface area contributed by atoms with Gasteiger partial charge in [-0.2, -0.15) is 0 Å². The van der Waals surface area contributed by atoms with Gasteiger partial charge in [0.2, 0.25) is 0 Å². The van der Waals surface area contributed by atoms with E-state index in [-0.39, 0.29) is 12.0 Å². The summed E-state index contributed by atoms with van der Waals surface area (Å²) >= 11 is 5.92. The molecular formula is C15H22ClNO. The van der Waals surface area contributed by atoms with Gasteiger partial charge in [-0.05, 0) is 43.0 Å². The van der Waals surface area contributed by atoms with Gasteiger partial charge in [-0.15, -0.1) is 0 Å². The Kier molecular flexibility index (Phi) is 5.04. The molecule has 2 rings (SSSR count). The summed E-state index contributed by atoms with van der Waals surface area (Å²) in [4.78, 5) is 0. The average Bonchev–Trinajstić information content (AvgIpc) is 2.58. The lowest BCUT2D eigenvalue weighted by Crippen LogP contribution is -2.30. The smallest absolute Gasteiger partial charge is 0.0574 e. The highest BCUT2D eigenvalue weighted by Crippen LogP contribution is 2.35. The molecule has 0 spiro atoms. The van der Waals surface area contributed by atoms with Crippen molar-refractivity contribution in [1.82, 2.24) is 0 Å². The topological polar surface area (TPSA) is 46.2 Å². The number of halogens is 1. The first-order valence-electron chi connectivity index (χ1n) is 6.86. The molecule has 1 aromatic rings. The SMILES string of the molecule is NC[C@@H](c1ccc(Cl)cc1)[C@@H]1CCCCC[C@@H]1O. The average molecular weight is 268 g/mol. The minimum Gasteiger partial charge on any atom is -0.393 e. The number of hydrogen-bond acceptors (Lipinski definition) is 2. The summed E-state index contributed by atoms with van der Waals surface area (Å²) in [6.45, 7) is 0.587. The fourth-order valence-corrected chi connectivity index (χ4v) is 3.18. The summed E-state index contributed by atoms with van der Waals surface area (Å²) in [7, 11) is 0. The van der Waals surface area contributed by atoms with Crippen molar-refractivity contribution in [1.29, 1.82) is 0 Å². The summed E-state index contributed by atoms with van der Waals surface area (Å²) < 4.78 is 0. The second kappa shape index (κ2) is 6.55. The van der Waals surface area contributed by atoms with Crippen LogP contribution in [-0.2, 0) is 0 Å². The number of nitrogens with two attached hydrogens (primary N) is 1. The maximum Gasteiger partial charge on any atom is 0.0574 e. The van der Waals surface area contributed by atoms with Crippen molar-refractivity contribution in [3.8, 4) is 0 Å². The number of aliphatic hydroxyl groups is 1. The van der Waals surface area contributed by atoms with E-state index in [0.717, 1.165) is 24.3 Å². The maximum atomic E-state index is 10.3. The molecule has 3 atom stereocenters. The van der Waals surface area contributed by atoms with Gasteiger partial charge in [-0.25, -0.2) is 0 Å². The minimum atomic E-state index is -0.211. The van der Waals surface area contributed by atoms with Gasteiger partial charge in [0.25, 0.3) is 0 Å². The van der Waals surface area contributed by atoms with E-state index >= 15 is 0 Å². The van der Waals surface area contributed by atoms with Crippen molar-refractivity contribution in [3.63, 3.8) is 0 Å². The molecule has 18 heavy (non-hydrogen) atoms. The predicted octanol–water partition coefficient (Wildman–Crippen LogP) is 3.32. The van der Waals surface area contributed by atoms with E-state index in [0.29, 0.717) is 12.5 Å². The molecular weight excluding hydrogens is 246 g/mol. The van der Waals surface area contributed by atoms with Crippen molar-refractivity contribution in [3.05, 3.63) is 34.9 Å². The van der Waals surface area contributed by atoms with Crippen LogP contribution in [0.5, 0.6) is 0 Å². The van der Waals surface area contributed by atoms with E-state index < -0.39 is 0 Å². The molecule has 3 N–H and O–H groups in total. The Morgan fingerprint density at radius 3 is 2.50 bits per heavy atom. The van der Waals surface area contributed by atoms with E-state index in [2.05, 4.69) is 0 Å². The Morgan fingerprint density at radius 2 is 1.83 bits per heavy atom. The van der Waals surface area contributed by atoms with E-state index in [4.69, 9.17) is 17.3 Å². The van der Waals surface area contributed by atoms with Gasteiger partial charge in [0.15, 0.2) is 0 Å². The lowest BCUT2D eigenvalue weighted by atomic mass is 9.80. The Labute approximate surface area is 114 Å². The second-order valence-electron chi connectivity index (χ2n) is 5.26. The summed E-state index contributed by atoms with van der Waals surface area (Å²) in [5, 5.41) is 11.0. The zero-order valence-corrected chi connectivity index (χ0v) is 11.4. The molecule has 1 aliphatic rings. The van der Waals surface area contributed by atoms with Gasteiger partial charge in [0.1, 0.15) is 0 Å². The molecule has 0 amide bonds.